The Bertz CT molecular complexity index is 176. The monoisotopic (exact) mass is 158 g/mol. The van der Waals surface area contributed by atoms with Crippen molar-refractivity contribution in [1.29, 1.82) is 0 Å². The first-order valence-electron chi connectivity index (χ1n) is 3.30. The molecule has 0 saturated carbocycles. The summed E-state index contributed by atoms with van der Waals surface area (Å²) < 4.78 is 0. The second-order valence-corrected chi connectivity index (χ2v) is 4.16. The van der Waals surface area contributed by atoms with E-state index in [1.807, 2.05) is 6.92 Å². The molecule has 1 fully saturated rings. The van der Waals surface area contributed by atoms with Crippen molar-refractivity contribution in [3.8, 4) is 0 Å². The first-order chi connectivity index (χ1) is 4.61. The molecule has 3 heteroatoms. The van der Waals surface area contributed by atoms with Gasteiger partial charge in [-0.3, -0.25) is 9.59 Å². The topological polar surface area (TPSA) is 34.1 Å². The highest BCUT2D eigenvalue weighted by atomic mass is 32.2. The SMILES string of the molecule is CC(=O)C1SC(C)CC1=O. The van der Waals surface area contributed by atoms with Crippen LogP contribution in [0, 0.1) is 0 Å². The zero-order valence-electron chi connectivity index (χ0n) is 6.09. The summed E-state index contributed by atoms with van der Waals surface area (Å²) in [5.41, 5.74) is 0. The van der Waals surface area contributed by atoms with E-state index in [2.05, 4.69) is 0 Å². The summed E-state index contributed by atoms with van der Waals surface area (Å²) in [5.74, 6) is 0.101. The molecule has 10 heavy (non-hydrogen) atoms. The second kappa shape index (κ2) is 2.74. The molecule has 0 aromatic rings. The van der Waals surface area contributed by atoms with Crippen molar-refractivity contribution in [1.82, 2.24) is 0 Å². The lowest BCUT2D eigenvalue weighted by molar-refractivity contribution is -0.124. The molecule has 0 spiro atoms. The van der Waals surface area contributed by atoms with Crippen LogP contribution in [0.1, 0.15) is 20.3 Å². The molecule has 1 rings (SSSR count). The highest BCUT2D eigenvalue weighted by Gasteiger charge is 2.33. The first kappa shape index (κ1) is 7.79. The summed E-state index contributed by atoms with van der Waals surface area (Å²) in [6.07, 6.45) is 0.564. The molecule has 2 unspecified atom stereocenters. The number of hydrogen-bond donors (Lipinski definition) is 0. The molecule has 1 saturated heterocycles. The van der Waals surface area contributed by atoms with Crippen LogP contribution in [-0.4, -0.2) is 22.1 Å². The van der Waals surface area contributed by atoms with Gasteiger partial charge in [-0.2, -0.15) is 0 Å². The maximum Gasteiger partial charge on any atom is 0.154 e. The van der Waals surface area contributed by atoms with E-state index in [0.29, 0.717) is 11.7 Å². The zero-order chi connectivity index (χ0) is 7.72. The van der Waals surface area contributed by atoms with E-state index >= 15 is 0 Å². The number of thioether (sulfide) groups is 1. The van der Waals surface area contributed by atoms with Crippen LogP contribution in [0.3, 0.4) is 0 Å². The van der Waals surface area contributed by atoms with E-state index in [1.165, 1.54) is 18.7 Å². The number of carbonyl (C=O) groups is 2. The molecule has 2 nitrogen and oxygen atoms in total. The molecule has 1 aliphatic rings. The molecule has 2 atom stereocenters. The first-order valence-corrected chi connectivity index (χ1v) is 4.24. The van der Waals surface area contributed by atoms with Gasteiger partial charge in [0, 0.05) is 11.7 Å². The van der Waals surface area contributed by atoms with Gasteiger partial charge in [-0.1, -0.05) is 6.92 Å². The fourth-order valence-electron chi connectivity index (χ4n) is 1.07. The van der Waals surface area contributed by atoms with Crippen LogP contribution in [0.5, 0.6) is 0 Å². The minimum Gasteiger partial charge on any atom is -0.298 e. The average Bonchev–Trinajstić information content (AvgIpc) is 2.10. The van der Waals surface area contributed by atoms with Crippen LogP contribution in [0.25, 0.3) is 0 Å². The van der Waals surface area contributed by atoms with Gasteiger partial charge in [0.25, 0.3) is 0 Å². The number of rotatable bonds is 1. The minimum atomic E-state index is -0.352. The molecular weight excluding hydrogens is 148 g/mol. The predicted octanol–water partition coefficient (Wildman–Crippen LogP) is 1.04. The average molecular weight is 158 g/mol. The summed E-state index contributed by atoms with van der Waals surface area (Å²) in [4.78, 5) is 21.7. The van der Waals surface area contributed by atoms with Crippen LogP contribution in [0.2, 0.25) is 0 Å². The molecular formula is C7H10O2S. The van der Waals surface area contributed by atoms with Crippen LogP contribution < -0.4 is 0 Å². The summed E-state index contributed by atoms with van der Waals surface area (Å²) >= 11 is 1.48. The van der Waals surface area contributed by atoms with Crippen molar-refractivity contribution in [2.45, 2.75) is 30.8 Å². The van der Waals surface area contributed by atoms with E-state index in [4.69, 9.17) is 0 Å². The molecule has 0 radical (unpaired) electrons. The van der Waals surface area contributed by atoms with Gasteiger partial charge >= 0.3 is 0 Å². The van der Waals surface area contributed by atoms with Crippen LogP contribution >= 0.6 is 11.8 Å². The summed E-state index contributed by atoms with van der Waals surface area (Å²) in [6, 6.07) is 0. The molecule has 0 bridgehead atoms. The maximum absolute atomic E-state index is 11.0. The number of carbonyl (C=O) groups excluding carboxylic acids is 2. The van der Waals surface area contributed by atoms with E-state index in [0.717, 1.165) is 0 Å². The number of hydrogen-bond acceptors (Lipinski definition) is 3. The Labute approximate surface area is 64.4 Å². The van der Waals surface area contributed by atoms with Crippen molar-refractivity contribution >= 4 is 23.3 Å². The van der Waals surface area contributed by atoms with Crippen molar-refractivity contribution < 1.29 is 9.59 Å². The second-order valence-electron chi connectivity index (χ2n) is 2.61. The molecule has 0 aromatic carbocycles. The smallest absolute Gasteiger partial charge is 0.154 e. The molecule has 0 N–H and O–H groups in total. The van der Waals surface area contributed by atoms with E-state index in [-0.39, 0.29) is 16.8 Å². The Balaban J connectivity index is 2.63. The lowest BCUT2D eigenvalue weighted by Crippen LogP contribution is -2.18. The Morgan fingerprint density at radius 2 is 2.30 bits per heavy atom. The maximum atomic E-state index is 11.0. The van der Waals surface area contributed by atoms with Gasteiger partial charge in [0.2, 0.25) is 0 Å². The molecule has 0 aromatic heterocycles. The Morgan fingerprint density at radius 1 is 1.70 bits per heavy atom. The summed E-state index contributed by atoms with van der Waals surface area (Å²) in [5, 5.41) is -0.0172. The van der Waals surface area contributed by atoms with Crippen molar-refractivity contribution in [3.05, 3.63) is 0 Å². The van der Waals surface area contributed by atoms with E-state index in [9.17, 15) is 9.59 Å². The zero-order valence-corrected chi connectivity index (χ0v) is 6.90. The molecule has 0 amide bonds. The normalized spacial score (nSPS) is 32.8. The summed E-state index contributed by atoms with van der Waals surface area (Å²) in [7, 11) is 0. The van der Waals surface area contributed by atoms with Gasteiger partial charge in [0.05, 0.1) is 0 Å². The quantitative estimate of drug-likeness (QED) is 0.535. The highest BCUT2D eigenvalue weighted by Crippen LogP contribution is 2.30. The standard InChI is InChI=1S/C7H10O2S/c1-4-3-6(9)7(10-4)5(2)8/h4,7H,3H2,1-2H3. The fraction of sp³-hybridized carbons (Fsp3) is 0.714. The van der Waals surface area contributed by atoms with E-state index < -0.39 is 0 Å². The van der Waals surface area contributed by atoms with Crippen molar-refractivity contribution in [2.24, 2.45) is 0 Å². The van der Waals surface area contributed by atoms with Crippen molar-refractivity contribution in [2.75, 3.05) is 0 Å². The molecule has 56 valence electrons. The third kappa shape index (κ3) is 1.40. The third-order valence-corrected chi connectivity index (χ3v) is 3.02. The highest BCUT2D eigenvalue weighted by molar-refractivity contribution is 8.02. The minimum absolute atomic E-state index is 0.000602. The molecule has 0 aliphatic carbocycles. The van der Waals surface area contributed by atoms with Gasteiger partial charge in [0.1, 0.15) is 11.0 Å². The number of ketones is 2. The predicted molar refractivity (Wildman–Crippen MR) is 41.1 cm³/mol. The van der Waals surface area contributed by atoms with Crippen LogP contribution in [-0.2, 0) is 9.59 Å². The van der Waals surface area contributed by atoms with Crippen molar-refractivity contribution in [3.63, 3.8) is 0 Å². The lowest BCUT2D eigenvalue weighted by Gasteiger charge is -2.00. The molecule has 1 heterocycles. The summed E-state index contributed by atoms with van der Waals surface area (Å²) in [6.45, 7) is 3.46. The van der Waals surface area contributed by atoms with Crippen LogP contribution in [0.15, 0.2) is 0 Å². The van der Waals surface area contributed by atoms with Gasteiger partial charge in [-0.15, -0.1) is 11.8 Å². The Morgan fingerprint density at radius 3 is 2.50 bits per heavy atom. The van der Waals surface area contributed by atoms with Gasteiger partial charge < -0.3 is 0 Å². The molecule has 1 aliphatic heterocycles. The fourth-order valence-corrected chi connectivity index (χ4v) is 2.23. The third-order valence-electron chi connectivity index (χ3n) is 1.52. The Hall–Kier alpha value is -0.310. The largest absolute Gasteiger partial charge is 0.298 e. The van der Waals surface area contributed by atoms with Gasteiger partial charge in [0.15, 0.2) is 5.78 Å². The number of Topliss-reactive ketones (excluding diaryl/α,β-unsaturated/α-hetero) is 2. The van der Waals surface area contributed by atoms with Gasteiger partial charge in [-0.05, 0) is 6.92 Å². The van der Waals surface area contributed by atoms with Crippen LogP contribution in [0.4, 0.5) is 0 Å². The lowest BCUT2D eigenvalue weighted by atomic mass is 10.1. The van der Waals surface area contributed by atoms with Gasteiger partial charge in [-0.25, -0.2) is 0 Å². The Kier molecular flexibility index (Phi) is 2.14. The van der Waals surface area contributed by atoms with E-state index in [1.54, 1.807) is 0 Å².